The maximum atomic E-state index is 12.8. The van der Waals surface area contributed by atoms with Crippen LogP contribution in [0.1, 0.15) is 5.56 Å². The van der Waals surface area contributed by atoms with Crippen molar-refractivity contribution in [3.05, 3.63) is 126 Å². The molecule has 0 fully saturated rings. The molecule has 42 heavy (non-hydrogen) atoms. The van der Waals surface area contributed by atoms with Crippen LogP contribution in [0.3, 0.4) is 0 Å². The molecule has 0 bridgehead atoms. The molecule has 0 spiro atoms. The Morgan fingerprint density at radius 1 is 0.857 bits per heavy atom. The number of hydrogen-bond donors (Lipinski definition) is 1. The summed E-state index contributed by atoms with van der Waals surface area (Å²) in [5.74, 6) is 0.467. The van der Waals surface area contributed by atoms with Gasteiger partial charge < -0.3 is 0 Å². The number of amides is 1. The minimum absolute atomic E-state index is 0.0893. The van der Waals surface area contributed by atoms with E-state index in [9.17, 15) is 4.79 Å². The van der Waals surface area contributed by atoms with Crippen molar-refractivity contribution in [2.24, 2.45) is 5.10 Å². The van der Waals surface area contributed by atoms with Crippen LogP contribution in [-0.4, -0.2) is 47.4 Å². The first-order chi connectivity index (χ1) is 20.7. The Balaban J connectivity index is 1.19. The Hall–Kier alpha value is -5.06. The van der Waals surface area contributed by atoms with Crippen molar-refractivity contribution in [1.82, 2.24) is 35.0 Å². The molecule has 3 aromatic carbocycles. The highest BCUT2D eigenvalue weighted by Crippen LogP contribution is 2.28. The van der Waals surface area contributed by atoms with Gasteiger partial charge in [-0.1, -0.05) is 71.9 Å². The van der Waals surface area contributed by atoms with E-state index >= 15 is 0 Å². The predicted octanol–water partition coefficient (Wildman–Crippen LogP) is 6.08. The fourth-order valence-electron chi connectivity index (χ4n) is 4.22. The van der Waals surface area contributed by atoms with E-state index in [1.807, 2.05) is 108 Å². The van der Waals surface area contributed by atoms with Gasteiger partial charge in [0.1, 0.15) is 5.69 Å². The average Bonchev–Trinajstić information content (AvgIpc) is 3.67. The number of carbonyl (C=O) groups excluding carboxylic acids is 1. The first-order valence-electron chi connectivity index (χ1n) is 12.9. The van der Waals surface area contributed by atoms with Gasteiger partial charge in [0.25, 0.3) is 5.91 Å². The maximum absolute atomic E-state index is 12.8. The van der Waals surface area contributed by atoms with Crippen LogP contribution in [0.2, 0.25) is 5.02 Å². The number of pyridine rings is 1. The SMILES string of the molecule is O=C(CSc1nnc(-c2ccncc2)n1-c1ccccc1)N/N=C/c1cn(-c2ccccc2)nc1-c1ccc(Cl)cc1. The molecule has 0 aliphatic rings. The first kappa shape index (κ1) is 27.1. The number of halogens is 1. The lowest BCUT2D eigenvalue weighted by molar-refractivity contribution is -0.118. The van der Waals surface area contributed by atoms with Gasteiger partial charge in [-0.2, -0.15) is 10.2 Å². The number of nitrogens with one attached hydrogen (secondary N) is 1. The summed E-state index contributed by atoms with van der Waals surface area (Å²) >= 11 is 7.37. The van der Waals surface area contributed by atoms with Crippen LogP contribution in [-0.2, 0) is 4.79 Å². The van der Waals surface area contributed by atoms with Gasteiger partial charge in [-0.15, -0.1) is 10.2 Å². The minimum atomic E-state index is -0.284. The van der Waals surface area contributed by atoms with E-state index in [1.54, 1.807) is 23.3 Å². The Bertz CT molecular complexity index is 1820. The number of thioether (sulfide) groups is 1. The third kappa shape index (κ3) is 6.14. The number of rotatable bonds is 9. The lowest BCUT2D eigenvalue weighted by Gasteiger charge is -2.10. The van der Waals surface area contributed by atoms with Gasteiger partial charge in [0.2, 0.25) is 0 Å². The van der Waals surface area contributed by atoms with E-state index in [0.29, 0.717) is 21.7 Å². The Kier molecular flexibility index (Phi) is 8.16. The Morgan fingerprint density at radius 3 is 2.26 bits per heavy atom. The molecular weight excluding hydrogens is 568 g/mol. The zero-order valence-electron chi connectivity index (χ0n) is 22.1. The molecule has 0 saturated heterocycles. The first-order valence-corrected chi connectivity index (χ1v) is 14.3. The number of aromatic nitrogens is 6. The summed E-state index contributed by atoms with van der Waals surface area (Å²) in [7, 11) is 0. The summed E-state index contributed by atoms with van der Waals surface area (Å²) in [4.78, 5) is 16.9. The smallest absolute Gasteiger partial charge is 0.250 e. The van der Waals surface area contributed by atoms with Crippen LogP contribution in [0, 0.1) is 0 Å². The van der Waals surface area contributed by atoms with Crippen LogP contribution < -0.4 is 5.43 Å². The van der Waals surface area contributed by atoms with Crippen molar-refractivity contribution < 1.29 is 4.79 Å². The third-order valence-electron chi connectivity index (χ3n) is 6.19. The number of carbonyl (C=O) groups is 1. The largest absolute Gasteiger partial charge is 0.272 e. The second kappa shape index (κ2) is 12.6. The molecule has 3 aromatic heterocycles. The van der Waals surface area contributed by atoms with E-state index < -0.39 is 0 Å². The van der Waals surface area contributed by atoms with Crippen molar-refractivity contribution in [2.75, 3.05) is 5.75 Å². The van der Waals surface area contributed by atoms with Gasteiger partial charge in [0.15, 0.2) is 11.0 Å². The molecule has 3 heterocycles. The highest BCUT2D eigenvalue weighted by Gasteiger charge is 2.17. The minimum Gasteiger partial charge on any atom is -0.272 e. The summed E-state index contributed by atoms with van der Waals surface area (Å²) < 4.78 is 3.70. The van der Waals surface area contributed by atoms with Crippen molar-refractivity contribution in [3.63, 3.8) is 0 Å². The van der Waals surface area contributed by atoms with Crippen LogP contribution in [0.25, 0.3) is 34.0 Å². The van der Waals surface area contributed by atoms with Crippen LogP contribution in [0.15, 0.2) is 126 Å². The summed E-state index contributed by atoms with van der Waals surface area (Å²) in [6.07, 6.45) is 6.87. The number of benzene rings is 3. The molecule has 6 aromatic rings. The standard InChI is InChI=1S/C31H23ClN8OS/c32-25-13-11-22(12-14-25)29-24(20-39(38-29)26-7-3-1-4-8-26)19-34-35-28(41)21-42-31-37-36-30(23-15-17-33-18-16-23)40(31)27-9-5-2-6-10-27/h1-20H,21H2,(H,35,41)/b34-19+. The zero-order valence-corrected chi connectivity index (χ0v) is 23.7. The summed E-state index contributed by atoms with van der Waals surface area (Å²) in [6.45, 7) is 0. The zero-order chi connectivity index (χ0) is 28.7. The summed E-state index contributed by atoms with van der Waals surface area (Å²) in [6, 6.07) is 30.7. The fraction of sp³-hybridized carbons (Fsp3) is 0.0323. The molecule has 0 aliphatic heterocycles. The van der Waals surface area contributed by atoms with Gasteiger partial charge in [-0.05, 0) is 48.5 Å². The van der Waals surface area contributed by atoms with E-state index in [2.05, 4.69) is 25.7 Å². The second-order valence-electron chi connectivity index (χ2n) is 9.01. The number of hydrogen-bond acceptors (Lipinski definition) is 7. The lowest BCUT2D eigenvalue weighted by Crippen LogP contribution is -2.20. The van der Waals surface area contributed by atoms with Gasteiger partial charge in [-0.25, -0.2) is 10.1 Å². The van der Waals surface area contributed by atoms with Crippen molar-refractivity contribution >= 4 is 35.5 Å². The van der Waals surface area contributed by atoms with E-state index in [-0.39, 0.29) is 11.7 Å². The Morgan fingerprint density at radius 2 is 1.55 bits per heavy atom. The van der Waals surface area contributed by atoms with Gasteiger partial charge >= 0.3 is 0 Å². The van der Waals surface area contributed by atoms with E-state index in [1.165, 1.54) is 11.8 Å². The molecule has 0 saturated carbocycles. The summed E-state index contributed by atoms with van der Waals surface area (Å²) in [5.41, 5.74) is 7.61. The molecular formula is C31H23ClN8OS. The van der Waals surface area contributed by atoms with Crippen molar-refractivity contribution in [2.45, 2.75) is 5.16 Å². The highest BCUT2D eigenvalue weighted by atomic mass is 35.5. The quantitative estimate of drug-likeness (QED) is 0.124. The number of para-hydroxylation sites is 2. The van der Waals surface area contributed by atoms with E-state index in [4.69, 9.17) is 16.7 Å². The second-order valence-corrected chi connectivity index (χ2v) is 10.4. The van der Waals surface area contributed by atoms with Crippen LogP contribution in [0.4, 0.5) is 0 Å². The lowest BCUT2D eigenvalue weighted by atomic mass is 10.1. The number of nitrogens with zero attached hydrogens (tertiary/aromatic N) is 7. The third-order valence-corrected chi connectivity index (χ3v) is 7.37. The molecule has 0 atom stereocenters. The van der Waals surface area contributed by atoms with Gasteiger partial charge in [0.05, 0.1) is 17.7 Å². The molecule has 0 radical (unpaired) electrons. The average molecular weight is 591 g/mol. The van der Waals surface area contributed by atoms with Crippen molar-refractivity contribution in [1.29, 1.82) is 0 Å². The topological polar surface area (TPSA) is 103 Å². The van der Waals surface area contributed by atoms with Crippen LogP contribution >= 0.6 is 23.4 Å². The molecule has 1 amide bonds. The molecule has 11 heteroatoms. The summed E-state index contributed by atoms with van der Waals surface area (Å²) in [5, 5.41) is 19.0. The van der Waals surface area contributed by atoms with Gasteiger partial charge in [0, 0.05) is 46.0 Å². The fourth-order valence-corrected chi connectivity index (χ4v) is 5.09. The van der Waals surface area contributed by atoms with Crippen molar-refractivity contribution in [3.8, 4) is 34.0 Å². The normalized spacial score (nSPS) is 11.2. The molecule has 1 N–H and O–H groups in total. The highest BCUT2D eigenvalue weighted by molar-refractivity contribution is 7.99. The molecule has 0 unspecified atom stereocenters. The molecule has 9 nitrogen and oxygen atoms in total. The molecule has 206 valence electrons. The monoisotopic (exact) mass is 590 g/mol. The van der Waals surface area contributed by atoms with E-state index in [0.717, 1.165) is 28.1 Å². The predicted molar refractivity (Wildman–Crippen MR) is 165 cm³/mol. The molecule has 0 aliphatic carbocycles. The number of hydrazone groups is 1. The molecule has 6 rings (SSSR count). The Labute approximate surface area is 250 Å². The maximum Gasteiger partial charge on any atom is 0.250 e. The van der Waals surface area contributed by atoms with Crippen LogP contribution in [0.5, 0.6) is 0 Å². The van der Waals surface area contributed by atoms with Gasteiger partial charge in [-0.3, -0.25) is 14.3 Å².